The second-order valence-corrected chi connectivity index (χ2v) is 5.09. The van der Waals surface area contributed by atoms with Crippen LogP contribution in [0.5, 0.6) is 0 Å². The van der Waals surface area contributed by atoms with Crippen LogP contribution in [0.4, 0.5) is 5.82 Å². The van der Waals surface area contributed by atoms with Crippen LogP contribution >= 0.6 is 0 Å². The fraction of sp³-hybridized carbons (Fsp3) is 0.533. The summed E-state index contributed by atoms with van der Waals surface area (Å²) in [5, 5.41) is 7.69. The standard InChI is InChI=1S/C15H21N5O/c1-3-8-20-13(5-7-17-20)15-18-12-6-9-21-10-11(12)14(19-15)16-4-2/h5,7H,3-4,6,8-10H2,1-2H3,(H,16,18,19). The van der Waals surface area contributed by atoms with Gasteiger partial charge in [-0.15, -0.1) is 0 Å². The molecule has 1 N–H and O–H groups in total. The van der Waals surface area contributed by atoms with Crippen LogP contribution in [0.1, 0.15) is 31.5 Å². The second kappa shape index (κ2) is 6.22. The predicted molar refractivity (Wildman–Crippen MR) is 81.1 cm³/mol. The number of aryl methyl sites for hydroxylation is 1. The minimum Gasteiger partial charge on any atom is -0.376 e. The summed E-state index contributed by atoms with van der Waals surface area (Å²) in [5.41, 5.74) is 3.16. The van der Waals surface area contributed by atoms with Crippen LogP contribution in [0.3, 0.4) is 0 Å². The monoisotopic (exact) mass is 287 g/mol. The van der Waals surface area contributed by atoms with Gasteiger partial charge in [0.15, 0.2) is 5.82 Å². The molecule has 3 rings (SSSR count). The molecule has 0 unspecified atom stereocenters. The largest absolute Gasteiger partial charge is 0.376 e. The highest BCUT2D eigenvalue weighted by Crippen LogP contribution is 2.26. The molecule has 1 aliphatic rings. The number of fused-ring (bicyclic) bond motifs is 1. The molecule has 0 atom stereocenters. The van der Waals surface area contributed by atoms with Gasteiger partial charge in [-0.2, -0.15) is 5.10 Å². The maximum absolute atomic E-state index is 5.54. The number of nitrogens with zero attached hydrogens (tertiary/aromatic N) is 4. The van der Waals surface area contributed by atoms with Gasteiger partial charge in [-0.25, -0.2) is 9.97 Å². The van der Waals surface area contributed by atoms with Crippen molar-refractivity contribution < 1.29 is 4.74 Å². The van der Waals surface area contributed by atoms with Crippen LogP contribution in [0, 0.1) is 0 Å². The van der Waals surface area contributed by atoms with Gasteiger partial charge in [-0.05, 0) is 19.4 Å². The fourth-order valence-corrected chi connectivity index (χ4v) is 2.57. The zero-order valence-electron chi connectivity index (χ0n) is 12.6. The van der Waals surface area contributed by atoms with Crippen molar-refractivity contribution in [1.82, 2.24) is 19.7 Å². The molecular formula is C15H21N5O. The first-order chi connectivity index (χ1) is 10.3. The zero-order valence-corrected chi connectivity index (χ0v) is 12.6. The Bertz CT molecular complexity index is 623. The van der Waals surface area contributed by atoms with Crippen molar-refractivity contribution in [1.29, 1.82) is 0 Å². The number of ether oxygens (including phenoxy) is 1. The van der Waals surface area contributed by atoms with E-state index in [4.69, 9.17) is 14.7 Å². The summed E-state index contributed by atoms with van der Waals surface area (Å²) in [4.78, 5) is 9.45. The number of nitrogens with one attached hydrogen (secondary N) is 1. The molecule has 6 nitrogen and oxygen atoms in total. The summed E-state index contributed by atoms with van der Waals surface area (Å²) in [6, 6.07) is 1.98. The number of hydrogen-bond donors (Lipinski definition) is 1. The lowest BCUT2D eigenvalue weighted by Gasteiger charge is -2.20. The Labute approximate surface area is 124 Å². The molecule has 0 saturated heterocycles. The SMILES string of the molecule is CCCn1nccc1-c1nc2c(c(NCC)n1)COCC2. The molecule has 0 spiro atoms. The average Bonchev–Trinajstić information content (AvgIpc) is 2.96. The van der Waals surface area contributed by atoms with Gasteiger partial charge in [0.05, 0.1) is 18.9 Å². The maximum Gasteiger partial charge on any atom is 0.180 e. The van der Waals surface area contributed by atoms with Gasteiger partial charge in [0.1, 0.15) is 11.5 Å². The number of hydrogen-bond acceptors (Lipinski definition) is 5. The van der Waals surface area contributed by atoms with E-state index in [0.29, 0.717) is 6.61 Å². The highest BCUT2D eigenvalue weighted by atomic mass is 16.5. The van der Waals surface area contributed by atoms with E-state index < -0.39 is 0 Å². The zero-order chi connectivity index (χ0) is 14.7. The molecule has 0 radical (unpaired) electrons. The van der Waals surface area contributed by atoms with Gasteiger partial charge in [-0.1, -0.05) is 6.92 Å². The van der Waals surface area contributed by atoms with E-state index in [2.05, 4.69) is 24.3 Å². The highest BCUT2D eigenvalue weighted by Gasteiger charge is 2.19. The van der Waals surface area contributed by atoms with Crippen LogP contribution in [-0.4, -0.2) is 32.9 Å². The van der Waals surface area contributed by atoms with E-state index in [1.807, 2.05) is 16.9 Å². The van der Waals surface area contributed by atoms with Crippen LogP contribution in [-0.2, 0) is 24.3 Å². The molecule has 2 aromatic rings. The molecule has 0 amide bonds. The summed E-state index contributed by atoms with van der Waals surface area (Å²) in [6.45, 7) is 7.23. The van der Waals surface area contributed by atoms with E-state index in [1.54, 1.807) is 0 Å². The van der Waals surface area contributed by atoms with E-state index in [9.17, 15) is 0 Å². The lowest BCUT2D eigenvalue weighted by molar-refractivity contribution is 0.109. The van der Waals surface area contributed by atoms with Crippen molar-refractivity contribution >= 4 is 5.82 Å². The van der Waals surface area contributed by atoms with Crippen molar-refractivity contribution in [2.75, 3.05) is 18.5 Å². The summed E-state index contributed by atoms with van der Waals surface area (Å²) < 4.78 is 7.51. The van der Waals surface area contributed by atoms with Crippen molar-refractivity contribution in [2.24, 2.45) is 0 Å². The van der Waals surface area contributed by atoms with Crippen molar-refractivity contribution in [3.8, 4) is 11.5 Å². The van der Waals surface area contributed by atoms with Crippen LogP contribution in [0.25, 0.3) is 11.5 Å². The van der Waals surface area contributed by atoms with Crippen molar-refractivity contribution in [2.45, 2.75) is 39.8 Å². The molecule has 0 fully saturated rings. The molecule has 112 valence electrons. The topological polar surface area (TPSA) is 64.9 Å². The van der Waals surface area contributed by atoms with Gasteiger partial charge in [0, 0.05) is 31.3 Å². The predicted octanol–water partition coefficient (Wildman–Crippen LogP) is 2.25. The average molecular weight is 287 g/mol. The first-order valence-corrected chi connectivity index (χ1v) is 7.57. The Morgan fingerprint density at radius 3 is 3.05 bits per heavy atom. The van der Waals surface area contributed by atoms with Crippen molar-refractivity contribution in [3.63, 3.8) is 0 Å². The van der Waals surface area contributed by atoms with Gasteiger partial charge >= 0.3 is 0 Å². The smallest absolute Gasteiger partial charge is 0.180 e. The Kier molecular flexibility index (Phi) is 4.15. The Hall–Kier alpha value is -1.95. The fourth-order valence-electron chi connectivity index (χ4n) is 2.57. The van der Waals surface area contributed by atoms with Crippen LogP contribution in [0.2, 0.25) is 0 Å². The lowest BCUT2D eigenvalue weighted by Crippen LogP contribution is -2.17. The Morgan fingerprint density at radius 1 is 1.33 bits per heavy atom. The van der Waals surface area contributed by atoms with Crippen molar-refractivity contribution in [3.05, 3.63) is 23.5 Å². The van der Waals surface area contributed by atoms with Gasteiger partial charge in [0.25, 0.3) is 0 Å². The summed E-state index contributed by atoms with van der Waals surface area (Å²) >= 11 is 0. The summed E-state index contributed by atoms with van der Waals surface area (Å²) in [7, 11) is 0. The van der Waals surface area contributed by atoms with E-state index in [0.717, 1.165) is 61.1 Å². The molecule has 0 saturated carbocycles. The molecule has 3 heterocycles. The third-order valence-corrected chi connectivity index (χ3v) is 3.55. The highest BCUT2D eigenvalue weighted by molar-refractivity contribution is 5.57. The molecule has 1 aliphatic heterocycles. The number of anilines is 1. The molecule has 0 aliphatic carbocycles. The minimum atomic E-state index is 0.589. The Balaban J connectivity index is 2.06. The summed E-state index contributed by atoms with van der Waals surface area (Å²) in [6.07, 6.45) is 3.68. The lowest BCUT2D eigenvalue weighted by atomic mass is 10.1. The second-order valence-electron chi connectivity index (χ2n) is 5.09. The first kappa shape index (κ1) is 14.0. The van der Waals surface area contributed by atoms with Gasteiger partial charge < -0.3 is 10.1 Å². The first-order valence-electron chi connectivity index (χ1n) is 7.57. The van der Waals surface area contributed by atoms with E-state index >= 15 is 0 Å². The van der Waals surface area contributed by atoms with Gasteiger partial charge in [-0.3, -0.25) is 4.68 Å². The summed E-state index contributed by atoms with van der Waals surface area (Å²) in [5.74, 6) is 1.64. The molecule has 21 heavy (non-hydrogen) atoms. The third-order valence-electron chi connectivity index (χ3n) is 3.55. The quantitative estimate of drug-likeness (QED) is 0.913. The molecular weight excluding hydrogens is 266 g/mol. The molecule has 2 aromatic heterocycles. The maximum atomic E-state index is 5.54. The minimum absolute atomic E-state index is 0.589. The van der Waals surface area contributed by atoms with Crippen LogP contribution < -0.4 is 5.32 Å². The number of aromatic nitrogens is 4. The molecule has 0 aromatic carbocycles. The Morgan fingerprint density at radius 2 is 2.24 bits per heavy atom. The van der Waals surface area contributed by atoms with E-state index in [-0.39, 0.29) is 0 Å². The molecule has 0 bridgehead atoms. The molecule has 6 heteroatoms. The number of rotatable bonds is 5. The normalized spacial score (nSPS) is 14.0. The van der Waals surface area contributed by atoms with E-state index in [1.165, 1.54) is 0 Å². The third kappa shape index (κ3) is 2.76. The van der Waals surface area contributed by atoms with Crippen LogP contribution in [0.15, 0.2) is 12.3 Å². The van der Waals surface area contributed by atoms with Gasteiger partial charge in [0.2, 0.25) is 0 Å².